The van der Waals surface area contributed by atoms with Crippen molar-refractivity contribution in [2.75, 3.05) is 52.2 Å². The van der Waals surface area contributed by atoms with Gasteiger partial charge in [0.15, 0.2) is 0 Å². The van der Waals surface area contributed by atoms with E-state index in [1.165, 1.54) is 7.11 Å². The Morgan fingerprint density at radius 1 is 1.05 bits per heavy atom. The highest BCUT2D eigenvalue weighted by atomic mass is 35.5. The summed E-state index contributed by atoms with van der Waals surface area (Å²) >= 11 is 6.11. The van der Waals surface area contributed by atoms with E-state index in [9.17, 15) is 19.2 Å². The van der Waals surface area contributed by atoms with E-state index in [0.29, 0.717) is 46.7 Å². The van der Waals surface area contributed by atoms with Crippen LogP contribution < -0.4 is 15.8 Å². The maximum Gasteiger partial charge on any atom is 0.328 e. The Kier molecular flexibility index (Phi) is 12.2. The number of hydrogen-bond acceptors (Lipinski definition) is 8. The molecule has 5 N–H and O–H groups in total. The Labute approximate surface area is 244 Å². The van der Waals surface area contributed by atoms with Crippen molar-refractivity contribution < 1.29 is 38.9 Å². The van der Waals surface area contributed by atoms with Gasteiger partial charge in [0.1, 0.15) is 11.9 Å². The number of nitrogens with two attached hydrogens (primary N) is 1. The van der Waals surface area contributed by atoms with Crippen molar-refractivity contribution in [2.45, 2.75) is 50.7 Å². The van der Waals surface area contributed by atoms with Crippen LogP contribution in [-0.4, -0.2) is 102 Å². The van der Waals surface area contributed by atoms with Gasteiger partial charge in [-0.25, -0.2) is 9.59 Å². The number of methoxy groups -OCH3 is 1. The Morgan fingerprint density at radius 3 is 2.22 bits per heavy atom. The number of carbonyl (C=O) groups is 4. The summed E-state index contributed by atoms with van der Waals surface area (Å²) in [5.41, 5.74) is 6.61. The van der Waals surface area contributed by atoms with Crippen molar-refractivity contribution in [3.63, 3.8) is 0 Å². The summed E-state index contributed by atoms with van der Waals surface area (Å²) in [5.74, 6) is -1.47. The lowest BCUT2D eigenvalue weighted by atomic mass is 9.94. The van der Waals surface area contributed by atoms with Gasteiger partial charge >= 0.3 is 11.9 Å². The van der Waals surface area contributed by atoms with Crippen LogP contribution in [0.25, 0.3) is 0 Å². The van der Waals surface area contributed by atoms with Crippen molar-refractivity contribution in [1.29, 1.82) is 0 Å². The molecule has 0 aromatic heterocycles. The zero-order valence-electron chi connectivity index (χ0n) is 23.2. The van der Waals surface area contributed by atoms with Crippen LogP contribution in [0.5, 0.6) is 5.75 Å². The van der Waals surface area contributed by atoms with E-state index in [4.69, 9.17) is 37.0 Å². The second-order valence-corrected chi connectivity index (χ2v) is 10.8. The molecule has 1 atom stereocenters. The fourth-order valence-corrected chi connectivity index (χ4v) is 5.42. The Hall–Kier alpha value is -3.35. The minimum Gasteiger partial charge on any atom is -0.496 e. The van der Waals surface area contributed by atoms with Crippen molar-refractivity contribution >= 4 is 41.0 Å². The quantitative estimate of drug-likeness (QED) is 0.258. The lowest BCUT2D eigenvalue weighted by Crippen LogP contribution is -2.48. The summed E-state index contributed by atoms with van der Waals surface area (Å²) in [4.78, 5) is 48.9. The summed E-state index contributed by atoms with van der Waals surface area (Å²) in [6.07, 6.45) is 6.68. The molecule has 0 radical (unpaired) electrons. The zero-order valence-corrected chi connectivity index (χ0v) is 24.0. The normalized spacial score (nSPS) is 20.3. The first-order valence-electron chi connectivity index (χ1n) is 13.8. The zero-order chi connectivity index (χ0) is 29.9. The number of halogens is 1. The second kappa shape index (κ2) is 15.6. The monoisotopic (exact) mass is 594 g/mol. The number of amides is 2. The third-order valence-electron chi connectivity index (χ3n) is 7.50. The fraction of sp³-hybridized carbons (Fsp3) is 0.571. The SMILES string of the molecule is COc1cc(N)c(Cl)cc1C(=O)NC1CCN(CC2CCN(C(=O)[C@H]3CCCO3)CC2)CC1.O=C(O)C=CC(=O)O. The van der Waals surface area contributed by atoms with Gasteiger partial charge in [-0.3, -0.25) is 9.59 Å². The van der Waals surface area contributed by atoms with Gasteiger partial charge in [0.25, 0.3) is 11.8 Å². The van der Waals surface area contributed by atoms with Crippen LogP contribution in [0.4, 0.5) is 5.69 Å². The summed E-state index contributed by atoms with van der Waals surface area (Å²) in [7, 11) is 1.51. The standard InChI is InChI=1S/C24H35ClN4O4.C4H4O4/c1-32-22-14-20(26)19(25)13-18(22)23(30)27-17-6-8-28(9-7-17)15-16-4-10-29(11-5-16)24(31)21-3-2-12-33-21;5-3(6)1-2-4(7)8/h13-14,16-17,21H,2-12,15,26H2,1H3,(H,27,30);1-2H,(H,5,6)(H,7,8)/t21-;/m1./s1. The number of carboxylic acid groups (broad SMARTS) is 2. The number of nitrogens with zero attached hydrogens (tertiary/aromatic N) is 2. The molecular formula is C28H39ClN4O8. The lowest BCUT2D eigenvalue weighted by molar-refractivity contribution is -0.142. The number of likely N-dealkylation sites (tertiary alicyclic amines) is 2. The molecule has 2 amide bonds. The maximum absolute atomic E-state index is 12.8. The molecule has 0 bridgehead atoms. The number of ether oxygens (including phenoxy) is 2. The highest BCUT2D eigenvalue weighted by Gasteiger charge is 2.32. The Morgan fingerprint density at radius 2 is 1.68 bits per heavy atom. The van der Waals surface area contributed by atoms with E-state index >= 15 is 0 Å². The van der Waals surface area contributed by atoms with Gasteiger partial charge in [0, 0.05) is 63.6 Å². The first-order chi connectivity index (χ1) is 19.6. The Bertz CT molecular complexity index is 1090. The number of aliphatic carboxylic acids is 2. The second-order valence-electron chi connectivity index (χ2n) is 10.4. The van der Waals surface area contributed by atoms with Crippen molar-refractivity contribution in [3.8, 4) is 5.75 Å². The fourth-order valence-electron chi connectivity index (χ4n) is 5.26. The maximum atomic E-state index is 12.8. The predicted molar refractivity (Wildman–Crippen MR) is 152 cm³/mol. The van der Waals surface area contributed by atoms with Gasteiger partial charge in [-0.1, -0.05) is 11.6 Å². The van der Waals surface area contributed by atoms with Gasteiger partial charge in [0.2, 0.25) is 0 Å². The summed E-state index contributed by atoms with van der Waals surface area (Å²) < 4.78 is 10.9. The van der Waals surface area contributed by atoms with Crippen LogP contribution in [0, 0.1) is 5.92 Å². The molecule has 41 heavy (non-hydrogen) atoms. The first-order valence-corrected chi connectivity index (χ1v) is 14.2. The summed E-state index contributed by atoms with van der Waals surface area (Å²) in [6.45, 7) is 5.36. The van der Waals surface area contributed by atoms with Crippen LogP contribution in [0.2, 0.25) is 5.02 Å². The van der Waals surface area contributed by atoms with E-state index in [1.807, 2.05) is 4.90 Å². The molecule has 0 saturated carbocycles. The molecule has 3 aliphatic heterocycles. The molecule has 1 aromatic carbocycles. The van der Waals surface area contributed by atoms with Crippen LogP contribution in [-0.2, 0) is 19.1 Å². The van der Waals surface area contributed by atoms with Gasteiger partial charge in [0.05, 0.1) is 23.4 Å². The average molecular weight is 595 g/mol. The number of hydrogen-bond donors (Lipinski definition) is 4. The molecule has 226 valence electrons. The van der Waals surface area contributed by atoms with E-state index in [2.05, 4.69) is 10.2 Å². The van der Waals surface area contributed by atoms with Gasteiger partial charge in [-0.15, -0.1) is 0 Å². The van der Waals surface area contributed by atoms with E-state index in [0.717, 1.165) is 71.2 Å². The van der Waals surface area contributed by atoms with Crippen molar-refractivity contribution in [2.24, 2.45) is 5.92 Å². The average Bonchev–Trinajstić information content (AvgIpc) is 3.50. The molecule has 3 heterocycles. The molecular weight excluding hydrogens is 556 g/mol. The third kappa shape index (κ3) is 9.91. The van der Waals surface area contributed by atoms with Crippen LogP contribution in [0.15, 0.2) is 24.3 Å². The molecule has 4 rings (SSSR count). The number of piperidine rings is 2. The summed E-state index contributed by atoms with van der Waals surface area (Å²) in [6, 6.07) is 3.27. The minimum absolute atomic E-state index is 0.126. The number of nitrogens with one attached hydrogen (secondary N) is 1. The molecule has 1 aromatic rings. The number of nitrogen functional groups attached to an aromatic ring is 1. The molecule has 0 spiro atoms. The highest BCUT2D eigenvalue weighted by molar-refractivity contribution is 6.33. The summed E-state index contributed by atoms with van der Waals surface area (Å²) in [5, 5.41) is 19.1. The molecule has 3 aliphatic rings. The van der Waals surface area contributed by atoms with E-state index < -0.39 is 11.9 Å². The lowest BCUT2D eigenvalue weighted by Gasteiger charge is -2.38. The van der Waals surface area contributed by atoms with Crippen LogP contribution in [0.1, 0.15) is 48.9 Å². The number of benzene rings is 1. The Balaban J connectivity index is 0.000000507. The topological polar surface area (TPSA) is 172 Å². The van der Waals surface area contributed by atoms with E-state index in [1.54, 1.807) is 12.1 Å². The first kappa shape index (κ1) is 32.2. The number of rotatable bonds is 8. The number of anilines is 1. The number of carbonyl (C=O) groups excluding carboxylic acids is 2. The molecule has 3 fully saturated rings. The molecule has 0 aliphatic carbocycles. The number of carboxylic acids is 2. The van der Waals surface area contributed by atoms with E-state index in [-0.39, 0.29) is 24.0 Å². The van der Waals surface area contributed by atoms with Gasteiger partial charge in [-0.2, -0.15) is 0 Å². The molecule has 0 unspecified atom stereocenters. The minimum atomic E-state index is -1.26. The predicted octanol–water partition coefficient (Wildman–Crippen LogP) is 2.25. The van der Waals surface area contributed by atoms with Crippen LogP contribution >= 0.6 is 11.6 Å². The van der Waals surface area contributed by atoms with Crippen molar-refractivity contribution in [3.05, 3.63) is 34.9 Å². The molecule has 12 nitrogen and oxygen atoms in total. The largest absolute Gasteiger partial charge is 0.496 e. The van der Waals surface area contributed by atoms with Gasteiger partial charge < -0.3 is 40.5 Å². The smallest absolute Gasteiger partial charge is 0.328 e. The van der Waals surface area contributed by atoms with Crippen LogP contribution in [0.3, 0.4) is 0 Å². The molecule has 13 heteroatoms. The highest BCUT2D eigenvalue weighted by Crippen LogP contribution is 2.29. The third-order valence-corrected chi connectivity index (χ3v) is 7.83. The van der Waals surface area contributed by atoms with Gasteiger partial charge in [-0.05, 0) is 50.5 Å². The molecule has 3 saturated heterocycles. The van der Waals surface area contributed by atoms with Crippen molar-refractivity contribution in [1.82, 2.24) is 15.1 Å².